The number of hydrogen-bond acceptors (Lipinski definition) is 4. The average Bonchev–Trinajstić information content (AvgIpc) is 3.25. The van der Waals surface area contributed by atoms with Crippen molar-refractivity contribution in [1.29, 1.82) is 0 Å². The number of piperidine rings is 1. The molecule has 4 fully saturated rings. The molecule has 2 saturated carbocycles. The lowest BCUT2D eigenvalue weighted by Crippen LogP contribution is -2.52. The molecule has 0 bridgehead atoms. The van der Waals surface area contributed by atoms with Crippen molar-refractivity contribution in [1.82, 2.24) is 4.90 Å². The number of hydrogen-bond donors (Lipinski definition) is 1. The van der Waals surface area contributed by atoms with Crippen LogP contribution in [0.2, 0.25) is 0 Å². The standard InChI is InChI=1S/C30H45NO3/c1-18-13-27-28(31(17-18)11-12-32)20(3)30(34-27)10-8-23-24-6-5-21-14-22(33)7-9-29(21,4)26(24)15-25(23)19(2)16-30/h14,18,20,23-24,26-28,32H,5-13,15-17H2,1-4H3/t18-,20+,23-,24-,26-,27+,28-,29-,30-/m0/s1. The molecule has 4 nitrogen and oxygen atoms in total. The van der Waals surface area contributed by atoms with Crippen molar-refractivity contribution in [2.24, 2.45) is 35.0 Å². The number of ketones is 1. The van der Waals surface area contributed by atoms with Crippen LogP contribution < -0.4 is 0 Å². The molecule has 1 N–H and O–H groups in total. The van der Waals surface area contributed by atoms with Crippen LogP contribution in [0.4, 0.5) is 0 Å². The van der Waals surface area contributed by atoms with Gasteiger partial charge in [-0.3, -0.25) is 9.69 Å². The minimum atomic E-state index is -0.0368. The summed E-state index contributed by atoms with van der Waals surface area (Å²) < 4.78 is 7.12. The van der Waals surface area contributed by atoms with Gasteiger partial charge in [-0.2, -0.15) is 0 Å². The topological polar surface area (TPSA) is 49.8 Å². The number of likely N-dealkylation sites (tertiary alicyclic amines) is 1. The number of carbonyl (C=O) groups excluding carboxylic acids is 1. The molecule has 0 amide bonds. The largest absolute Gasteiger partial charge is 0.395 e. The summed E-state index contributed by atoms with van der Waals surface area (Å²) in [6, 6.07) is 0.452. The fourth-order valence-corrected chi connectivity index (χ4v) is 9.89. The average molecular weight is 468 g/mol. The van der Waals surface area contributed by atoms with Crippen molar-refractivity contribution < 1.29 is 14.6 Å². The zero-order chi connectivity index (χ0) is 23.8. The van der Waals surface area contributed by atoms with Gasteiger partial charge in [0, 0.05) is 31.5 Å². The number of rotatable bonds is 2. The van der Waals surface area contributed by atoms with Crippen LogP contribution in [0.1, 0.15) is 85.5 Å². The number of carbonyl (C=O) groups is 1. The molecule has 0 aromatic carbocycles. The number of ether oxygens (including phenoxy) is 1. The first-order chi connectivity index (χ1) is 16.3. The van der Waals surface area contributed by atoms with Gasteiger partial charge in [-0.25, -0.2) is 0 Å². The molecule has 0 radical (unpaired) electrons. The molecular weight excluding hydrogens is 422 g/mol. The van der Waals surface area contributed by atoms with E-state index in [9.17, 15) is 9.90 Å². The highest BCUT2D eigenvalue weighted by Gasteiger charge is 2.59. The molecule has 2 saturated heterocycles. The Hall–Kier alpha value is -0.970. The fourth-order valence-electron chi connectivity index (χ4n) is 9.89. The maximum Gasteiger partial charge on any atom is 0.155 e. The van der Waals surface area contributed by atoms with Gasteiger partial charge in [-0.15, -0.1) is 0 Å². The minimum Gasteiger partial charge on any atom is -0.395 e. The first kappa shape index (κ1) is 23.4. The number of aliphatic hydroxyl groups excluding tert-OH is 1. The van der Waals surface area contributed by atoms with Crippen LogP contribution >= 0.6 is 0 Å². The highest BCUT2D eigenvalue weighted by Crippen LogP contribution is 2.64. The van der Waals surface area contributed by atoms with Gasteiger partial charge >= 0.3 is 0 Å². The quantitative estimate of drug-likeness (QED) is 0.560. The van der Waals surface area contributed by atoms with Crippen LogP contribution in [0.3, 0.4) is 0 Å². The molecule has 0 aromatic heterocycles. The molecule has 0 aromatic rings. The zero-order valence-corrected chi connectivity index (χ0v) is 21.8. The van der Waals surface area contributed by atoms with Crippen molar-refractivity contribution in [3.8, 4) is 0 Å². The monoisotopic (exact) mass is 467 g/mol. The van der Waals surface area contributed by atoms with Gasteiger partial charge in [0.25, 0.3) is 0 Å². The first-order valence-electron chi connectivity index (χ1n) is 14.2. The number of fused-ring (bicyclic) bond motifs is 6. The predicted octanol–water partition coefficient (Wildman–Crippen LogP) is 5.30. The molecule has 4 aliphatic carbocycles. The Morgan fingerprint density at radius 2 is 2.03 bits per heavy atom. The smallest absolute Gasteiger partial charge is 0.155 e. The van der Waals surface area contributed by atoms with Gasteiger partial charge in [0.1, 0.15) is 0 Å². The summed E-state index contributed by atoms with van der Waals surface area (Å²) in [4.78, 5) is 14.7. The van der Waals surface area contributed by atoms with E-state index < -0.39 is 0 Å². The van der Waals surface area contributed by atoms with Crippen molar-refractivity contribution in [3.63, 3.8) is 0 Å². The van der Waals surface area contributed by atoms with Crippen molar-refractivity contribution in [2.45, 2.75) is 103 Å². The SMILES string of the molecule is CC1=C2C[C@H]3[C@@H](CCC4=CC(=O)CC[C@@]43C)[C@@H]2CC[C@@]2(C1)O[C@@H]1C[C@H](C)CN(CCO)[C@H]1[C@H]2C. The van der Waals surface area contributed by atoms with E-state index in [0.717, 1.165) is 57.0 Å². The van der Waals surface area contributed by atoms with Gasteiger partial charge in [-0.1, -0.05) is 37.5 Å². The lowest BCUT2D eigenvalue weighted by molar-refractivity contribution is -0.116. The van der Waals surface area contributed by atoms with E-state index in [0.29, 0.717) is 35.7 Å². The molecule has 9 atom stereocenters. The molecule has 6 aliphatic rings. The summed E-state index contributed by atoms with van der Waals surface area (Å²) in [6.45, 7) is 11.8. The van der Waals surface area contributed by atoms with Crippen LogP contribution in [0.25, 0.3) is 0 Å². The number of β-amino-alcohol motifs (C(OH)–C–C–N with tert-alkyl or cyclic N) is 1. The highest BCUT2D eigenvalue weighted by molar-refractivity contribution is 5.91. The minimum absolute atomic E-state index is 0.0368. The van der Waals surface area contributed by atoms with Gasteiger partial charge < -0.3 is 9.84 Å². The second-order valence-corrected chi connectivity index (χ2v) is 13.3. The normalized spacial score (nSPS) is 48.8. The van der Waals surface area contributed by atoms with E-state index >= 15 is 0 Å². The molecule has 6 rings (SSSR count). The summed E-state index contributed by atoms with van der Waals surface area (Å²) in [5.74, 6) is 3.70. The number of allylic oxidation sites excluding steroid dienone is 3. The molecule has 4 heteroatoms. The lowest BCUT2D eigenvalue weighted by atomic mass is 9.56. The highest BCUT2D eigenvalue weighted by atomic mass is 16.5. The van der Waals surface area contributed by atoms with E-state index in [-0.39, 0.29) is 17.6 Å². The molecule has 0 unspecified atom stereocenters. The Morgan fingerprint density at radius 1 is 1.21 bits per heavy atom. The molecule has 34 heavy (non-hydrogen) atoms. The molecule has 2 heterocycles. The van der Waals surface area contributed by atoms with Crippen LogP contribution in [0, 0.1) is 35.0 Å². The van der Waals surface area contributed by atoms with E-state index in [4.69, 9.17) is 4.74 Å². The first-order valence-corrected chi connectivity index (χ1v) is 14.2. The van der Waals surface area contributed by atoms with Crippen LogP contribution in [-0.2, 0) is 9.53 Å². The molecule has 2 aliphatic heterocycles. The van der Waals surface area contributed by atoms with Gasteiger partial charge in [0.15, 0.2) is 5.78 Å². The Morgan fingerprint density at radius 3 is 2.82 bits per heavy atom. The van der Waals surface area contributed by atoms with Gasteiger partial charge in [0.05, 0.1) is 18.3 Å². The van der Waals surface area contributed by atoms with Crippen molar-refractivity contribution in [2.75, 3.05) is 19.7 Å². The molecule has 188 valence electrons. The van der Waals surface area contributed by atoms with E-state index in [2.05, 4.69) is 32.6 Å². The fraction of sp³-hybridized carbons (Fsp3) is 0.833. The summed E-state index contributed by atoms with van der Waals surface area (Å²) in [5.41, 5.74) is 5.04. The Bertz CT molecular complexity index is 922. The second kappa shape index (κ2) is 8.28. The van der Waals surface area contributed by atoms with E-state index in [1.807, 2.05) is 6.08 Å². The Labute approximate surface area is 206 Å². The summed E-state index contributed by atoms with van der Waals surface area (Å²) in [7, 11) is 0. The van der Waals surface area contributed by atoms with Crippen molar-refractivity contribution in [3.05, 3.63) is 22.8 Å². The number of nitrogens with zero attached hydrogens (tertiary/aromatic N) is 1. The second-order valence-electron chi connectivity index (χ2n) is 13.3. The third-order valence-electron chi connectivity index (χ3n) is 11.5. The maximum atomic E-state index is 12.1. The Balaban J connectivity index is 1.29. The third kappa shape index (κ3) is 3.38. The van der Waals surface area contributed by atoms with Crippen LogP contribution in [0.15, 0.2) is 22.8 Å². The van der Waals surface area contributed by atoms with E-state index in [1.54, 1.807) is 11.1 Å². The third-order valence-corrected chi connectivity index (χ3v) is 11.5. The summed E-state index contributed by atoms with van der Waals surface area (Å²) >= 11 is 0. The number of aliphatic hydroxyl groups is 1. The zero-order valence-electron chi connectivity index (χ0n) is 21.8. The van der Waals surface area contributed by atoms with Crippen LogP contribution in [-0.4, -0.2) is 53.2 Å². The van der Waals surface area contributed by atoms with Crippen molar-refractivity contribution >= 4 is 5.78 Å². The summed E-state index contributed by atoms with van der Waals surface area (Å²) in [5, 5.41) is 9.72. The summed E-state index contributed by atoms with van der Waals surface area (Å²) in [6.07, 6.45) is 12.5. The molecule has 1 spiro atoms. The molecular formula is C30H45NO3. The van der Waals surface area contributed by atoms with E-state index in [1.165, 1.54) is 31.3 Å². The van der Waals surface area contributed by atoms with Gasteiger partial charge in [-0.05, 0) is 93.5 Å². The Kier molecular flexibility index (Phi) is 5.71. The van der Waals surface area contributed by atoms with Crippen LogP contribution in [0.5, 0.6) is 0 Å². The van der Waals surface area contributed by atoms with Gasteiger partial charge in [0.2, 0.25) is 0 Å². The predicted molar refractivity (Wildman–Crippen MR) is 134 cm³/mol. The maximum absolute atomic E-state index is 12.1. The lowest BCUT2D eigenvalue weighted by Gasteiger charge is -2.48.